The van der Waals surface area contributed by atoms with Gasteiger partial charge in [-0.05, 0) is 25.1 Å². The lowest BCUT2D eigenvalue weighted by atomic mass is 10.1. The molecule has 0 saturated heterocycles. The van der Waals surface area contributed by atoms with E-state index in [0.717, 1.165) is 34.3 Å². The minimum absolute atomic E-state index is 0.389. The summed E-state index contributed by atoms with van der Waals surface area (Å²) in [6, 6.07) is 5.50. The second-order valence-corrected chi connectivity index (χ2v) is 3.92. The zero-order valence-electron chi connectivity index (χ0n) is 10.3. The van der Waals surface area contributed by atoms with E-state index in [0.29, 0.717) is 13.0 Å². The summed E-state index contributed by atoms with van der Waals surface area (Å²) in [5.41, 5.74) is 2.55. The number of hydrogen-bond acceptors (Lipinski definition) is 3. The number of benzene rings is 1. The number of amides is 1. The fourth-order valence-electron chi connectivity index (χ4n) is 2.12. The fourth-order valence-corrected chi connectivity index (χ4v) is 2.12. The first-order valence-electron chi connectivity index (χ1n) is 5.52. The number of carbonyl (C=O) groups is 2. The van der Waals surface area contributed by atoms with Crippen molar-refractivity contribution < 1.29 is 14.3 Å². The van der Waals surface area contributed by atoms with Gasteiger partial charge < -0.3 is 10.1 Å². The molecule has 2 rings (SSSR count). The van der Waals surface area contributed by atoms with Crippen molar-refractivity contribution in [2.75, 3.05) is 7.11 Å². The number of carbonyl (C=O) groups excluding carboxylic acids is 2. The van der Waals surface area contributed by atoms with Crippen molar-refractivity contribution in [1.29, 1.82) is 0 Å². The standard InChI is InChI=1S/C13H14N2O3/c1-9-12(6-14-7-16)11-5-10(18-2)3-4-13(11)15(9)8-17/h3-5,7-8H,6H2,1-2H3,(H,14,16). The molecule has 1 amide bonds. The maximum Gasteiger partial charge on any atom is 0.218 e. The average molecular weight is 246 g/mol. The SMILES string of the molecule is COc1ccc2c(c1)c(CNC=O)c(C)n2C=O. The first-order chi connectivity index (χ1) is 8.72. The van der Waals surface area contributed by atoms with Crippen LogP contribution in [0.1, 0.15) is 11.3 Å². The molecule has 0 atom stereocenters. The molecule has 0 bridgehead atoms. The van der Waals surface area contributed by atoms with Crippen molar-refractivity contribution in [2.24, 2.45) is 0 Å². The van der Waals surface area contributed by atoms with Crippen molar-refractivity contribution in [3.63, 3.8) is 0 Å². The quantitative estimate of drug-likeness (QED) is 0.807. The Morgan fingerprint density at radius 3 is 2.78 bits per heavy atom. The van der Waals surface area contributed by atoms with E-state index in [-0.39, 0.29) is 0 Å². The predicted octanol–water partition coefficient (Wildman–Crippen LogP) is 1.24. The van der Waals surface area contributed by atoms with Crippen molar-refractivity contribution in [1.82, 2.24) is 9.88 Å². The Balaban J connectivity index is 2.68. The Bertz CT molecular complexity index is 602. The summed E-state index contributed by atoms with van der Waals surface area (Å²) in [4.78, 5) is 21.5. The monoisotopic (exact) mass is 246 g/mol. The zero-order chi connectivity index (χ0) is 13.1. The summed E-state index contributed by atoms with van der Waals surface area (Å²) in [5.74, 6) is 0.720. The van der Waals surface area contributed by atoms with Crippen molar-refractivity contribution in [3.05, 3.63) is 29.5 Å². The van der Waals surface area contributed by atoms with Gasteiger partial charge in [0.1, 0.15) is 5.75 Å². The maximum atomic E-state index is 11.1. The van der Waals surface area contributed by atoms with E-state index in [1.54, 1.807) is 17.7 Å². The van der Waals surface area contributed by atoms with Crippen LogP contribution in [-0.2, 0) is 16.1 Å². The second-order valence-electron chi connectivity index (χ2n) is 3.92. The summed E-state index contributed by atoms with van der Waals surface area (Å²) in [6.45, 7) is 2.24. The summed E-state index contributed by atoms with van der Waals surface area (Å²) in [7, 11) is 1.59. The van der Waals surface area contributed by atoms with Gasteiger partial charge in [-0.25, -0.2) is 0 Å². The van der Waals surface area contributed by atoms with Gasteiger partial charge in [0.15, 0.2) is 0 Å². The van der Waals surface area contributed by atoms with Gasteiger partial charge in [0.05, 0.1) is 12.6 Å². The number of nitrogens with zero attached hydrogens (tertiary/aromatic N) is 1. The van der Waals surface area contributed by atoms with Crippen LogP contribution in [0.25, 0.3) is 10.9 Å². The highest BCUT2D eigenvalue weighted by Gasteiger charge is 2.13. The van der Waals surface area contributed by atoms with Crippen LogP contribution in [0.5, 0.6) is 5.75 Å². The number of hydrogen-bond donors (Lipinski definition) is 1. The van der Waals surface area contributed by atoms with Crippen LogP contribution in [0, 0.1) is 6.92 Å². The lowest BCUT2D eigenvalue weighted by molar-refractivity contribution is -0.109. The molecule has 0 saturated carbocycles. The van der Waals surface area contributed by atoms with Gasteiger partial charge in [-0.1, -0.05) is 0 Å². The zero-order valence-corrected chi connectivity index (χ0v) is 10.3. The Hall–Kier alpha value is -2.30. The summed E-state index contributed by atoms with van der Waals surface area (Å²) < 4.78 is 6.74. The molecule has 1 aromatic carbocycles. The molecule has 1 heterocycles. The van der Waals surface area contributed by atoms with E-state index < -0.39 is 0 Å². The highest BCUT2D eigenvalue weighted by atomic mass is 16.5. The largest absolute Gasteiger partial charge is 0.497 e. The second kappa shape index (κ2) is 4.91. The third-order valence-corrected chi connectivity index (χ3v) is 3.05. The van der Waals surface area contributed by atoms with Crippen LogP contribution in [-0.4, -0.2) is 24.5 Å². The van der Waals surface area contributed by atoms with E-state index in [9.17, 15) is 9.59 Å². The maximum absolute atomic E-state index is 11.1. The van der Waals surface area contributed by atoms with Gasteiger partial charge in [-0.3, -0.25) is 14.2 Å². The van der Waals surface area contributed by atoms with Gasteiger partial charge in [0, 0.05) is 23.2 Å². The number of nitrogens with one attached hydrogen (secondary N) is 1. The Kier molecular flexibility index (Phi) is 3.32. The molecule has 0 aliphatic rings. The van der Waals surface area contributed by atoms with Gasteiger partial charge in [-0.2, -0.15) is 0 Å². The molecular weight excluding hydrogens is 232 g/mol. The van der Waals surface area contributed by atoms with Crippen LogP contribution in [0.4, 0.5) is 0 Å². The van der Waals surface area contributed by atoms with Gasteiger partial charge >= 0.3 is 0 Å². The Morgan fingerprint density at radius 2 is 2.17 bits per heavy atom. The molecule has 0 fully saturated rings. The molecule has 1 N–H and O–H groups in total. The van der Waals surface area contributed by atoms with Gasteiger partial charge in [0.25, 0.3) is 0 Å². The van der Waals surface area contributed by atoms with Crippen molar-refractivity contribution in [2.45, 2.75) is 13.5 Å². The highest BCUT2D eigenvalue weighted by Crippen LogP contribution is 2.28. The van der Waals surface area contributed by atoms with E-state index in [1.165, 1.54) is 0 Å². The normalized spacial score (nSPS) is 10.3. The molecule has 0 unspecified atom stereocenters. The van der Waals surface area contributed by atoms with Gasteiger partial charge in [0.2, 0.25) is 12.8 Å². The smallest absolute Gasteiger partial charge is 0.218 e. The van der Waals surface area contributed by atoms with E-state index in [4.69, 9.17) is 4.74 Å². The molecule has 0 aliphatic heterocycles. The van der Waals surface area contributed by atoms with E-state index in [1.807, 2.05) is 19.1 Å². The fraction of sp³-hybridized carbons (Fsp3) is 0.231. The highest BCUT2D eigenvalue weighted by molar-refractivity contribution is 5.91. The molecule has 0 aliphatic carbocycles. The first-order valence-corrected chi connectivity index (χ1v) is 5.52. The van der Waals surface area contributed by atoms with Crippen LogP contribution in [0.3, 0.4) is 0 Å². The molecule has 0 spiro atoms. The molecule has 1 aromatic heterocycles. The lowest BCUT2D eigenvalue weighted by Gasteiger charge is -2.02. The lowest BCUT2D eigenvalue weighted by Crippen LogP contribution is -2.10. The minimum Gasteiger partial charge on any atom is -0.497 e. The number of aromatic nitrogens is 1. The van der Waals surface area contributed by atoms with Crippen LogP contribution in [0.2, 0.25) is 0 Å². The summed E-state index contributed by atoms with van der Waals surface area (Å²) in [6.07, 6.45) is 1.41. The summed E-state index contributed by atoms with van der Waals surface area (Å²) in [5, 5.41) is 3.53. The Labute approximate surface area is 104 Å². The predicted molar refractivity (Wildman–Crippen MR) is 68.3 cm³/mol. The molecular formula is C13H14N2O3. The molecule has 94 valence electrons. The molecule has 18 heavy (non-hydrogen) atoms. The summed E-state index contributed by atoms with van der Waals surface area (Å²) >= 11 is 0. The number of methoxy groups -OCH3 is 1. The Morgan fingerprint density at radius 1 is 1.39 bits per heavy atom. The van der Waals surface area contributed by atoms with Crippen LogP contribution in [0.15, 0.2) is 18.2 Å². The number of ether oxygens (including phenoxy) is 1. The van der Waals surface area contributed by atoms with Crippen molar-refractivity contribution >= 4 is 23.7 Å². The van der Waals surface area contributed by atoms with E-state index >= 15 is 0 Å². The third kappa shape index (κ3) is 1.84. The number of rotatable bonds is 5. The topological polar surface area (TPSA) is 60.3 Å². The number of fused-ring (bicyclic) bond motifs is 1. The molecule has 0 radical (unpaired) electrons. The molecule has 5 nitrogen and oxygen atoms in total. The third-order valence-electron chi connectivity index (χ3n) is 3.05. The van der Waals surface area contributed by atoms with Crippen molar-refractivity contribution in [3.8, 4) is 5.75 Å². The van der Waals surface area contributed by atoms with E-state index in [2.05, 4.69) is 5.32 Å². The van der Waals surface area contributed by atoms with Crippen LogP contribution < -0.4 is 10.1 Å². The molecule has 2 aromatic rings. The minimum atomic E-state index is 0.389. The van der Waals surface area contributed by atoms with Gasteiger partial charge in [-0.15, -0.1) is 0 Å². The first kappa shape index (κ1) is 12.2. The van der Waals surface area contributed by atoms with Crippen LogP contribution >= 0.6 is 0 Å². The average Bonchev–Trinajstić information content (AvgIpc) is 2.67. The molecule has 5 heteroatoms.